The number of nitrogens with two attached hydrogens (primary N) is 4. The molecule has 56 nitrogen and oxygen atoms in total. The van der Waals surface area contributed by atoms with Crippen molar-refractivity contribution in [2.45, 2.75) is 163 Å². The van der Waals surface area contributed by atoms with Gasteiger partial charge in [-0.15, -0.1) is 0 Å². The average Bonchev–Trinajstić information content (AvgIpc) is 1.63. The Balaban J connectivity index is 0.671. The minimum atomic E-state index is -5.69. The van der Waals surface area contributed by atoms with Gasteiger partial charge in [-0.2, -0.15) is 19.9 Å². The number of ether oxygens (including phenoxy) is 6. The van der Waals surface area contributed by atoms with Crippen LogP contribution in [0.25, 0.3) is 22.3 Å². The fourth-order valence-corrected chi connectivity index (χ4v) is 18.6. The summed E-state index contributed by atoms with van der Waals surface area (Å²) in [4.78, 5) is 191. The van der Waals surface area contributed by atoms with E-state index in [-0.39, 0.29) is 63.9 Å². The van der Waals surface area contributed by atoms with Crippen LogP contribution in [0.3, 0.4) is 0 Å². The van der Waals surface area contributed by atoms with Gasteiger partial charge in [-0.25, -0.2) is 52.0 Å². The third-order valence-corrected chi connectivity index (χ3v) is 24.5. The van der Waals surface area contributed by atoms with Crippen LogP contribution < -0.4 is 67.9 Å². The molecule has 14 rings (SSSR count). The number of rotatable bonds is 32. The standard InChI is InChI=1S/C58H75N20O36P5/c1-23-13-75(57(87)71-49(23)81)41-8-26(31(15-79)104-41)110-116(91,92)100-19-35-29(11-43(108-35)77-21-63-45-47(77)67-53(61)69-51(45)83)114-119(97,98)102-18-34-28(10-42(107-34)76-14-24(2)50(82)72-58(76)88)112-117(93,94)103-20-36-30(12-44(109-36)78-22-64-46-48(78)68-54(62)70-52(46)84)113-118(95,96)101-17-33-27(9-40(106-33)74-6-4-38(60)66-56(74)86)111-115(89,90)99-16-32-25(80)7-39(105-32)73-5-3-37(59)65-55(73)85/h3-6,13-14,21-22,25-36,39-44,79-80H,7-12,15-20H2,1-2H3,(H,89,90)(H,91,92)(H,93,94)(H,95,96)(H,97,98)(H2,59,65,85)(H2,60,66,86)(H,71,81,87)(H,72,82,88)(H3,61,67,69,83)(H3,62,68,70,84)/t25-,26-,27-,28-,29-,30-,31+,32+,33+,34+,35+,36+,39+,40+,41+,42+,43+,44+/m0/s1. The van der Waals surface area contributed by atoms with E-state index in [1.54, 1.807) is 0 Å². The highest BCUT2D eigenvalue weighted by Gasteiger charge is 2.52. The molecule has 0 radical (unpaired) electrons. The molecule has 0 spiro atoms. The monoisotopic (exact) mass is 1780 g/mol. The fraction of sp³-hybridized carbons (Fsp3) is 0.552. The average molecular weight is 1780 g/mol. The summed E-state index contributed by atoms with van der Waals surface area (Å²) >= 11 is 0. The molecular formula is C58H75N20O36P5. The molecule has 0 aromatic carbocycles. The van der Waals surface area contributed by atoms with E-state index in [9.17, 15) is 95.9 Å². The highest BCUT2D eigenvalue weighted by Crippen LogP contribution is 2.56. The zero-order valence-electron chi connectivity index (χ0n) is 61.4. The first-order valence-electron chi connectivity index (χ1n) is 35.4. The number of phosphoric ester groups is 5. The van der Waals surface area contributed by atoms with Gasteiger partial charge in [0.15, 0.2) is 22.3 Å². The zero-order valence-corrected chi connectivity index (χ0v) is 65.9. The Labute approximate surface area is 660 Å². The first-order chi connectivity index (χ1) is 56.1. The second-order valence-corrected chi connectivity index (χ2v) is 34.6. The van der Waals surface area contributed by atoms with E-state index in [0.717, 1.165) is 58.6 Å². The summed E-state index contributed by atoms with van der Waals surface area (Å²) in [5, 5.41) is 21.0. The molecule has 61 heteroatoms. The van der Waals surface area contributed by atoms with E-state index < -0.39 is 266 Å². The Morgan fingerprint density at radius 2 is 0.706 bits per heavy atom. The summed E-state index contributed by atoms with van der Waals surface area (Å²) in [6.45, 7) is -3.40. The van der Waals surface area contributed by atoms with Crippen molar-refractivity contribution in [3.8, 4) is 0 Å². The Bertz CT molecular complexity index is 5940. The summed E-state index contributed by atoms with van der Waals surface area (Å²) < 4.78 is 167. The second-order valence-electron chi connectivity index (χ2n) is 27.6. The summed E-state index contributed by atoms with van der Waals surface area (Å²) in [7, 11) is -27.6. The SMILES string of the molecule is Cc1cn([C@H]2C[C@H](OP(=O)(O)OC[C@H]3O[C@@H](n4cnc5c(=O)[nH]c(N)nc54)C[C@@H]3OP(=O)(O)OC[C@H]3O[C@@H](n4cc(C)c(=O)[nH]c4=O)C[C@@H]3OP(=O)(O)OC[C@H]3O[C@@H](n4cnc5c(=O)[nH]c(N)nc54)C[C@@H]3OP(=O)(O)OC[C@H]3O[C@@H](n4ccc(N)nc4=O)C[C@@H]3OP(=O)(O)OC[C@H]3O[C@@H](n4ccc(N)nc4=O)C[C@@H]3O)[C@@H](CO)O2)c(=O)[nH]c1=O. The largest absolute Gasteiger partial charge is 0.472 e. The van der Waals surface area contributed by atoms with Crippen molar-refractivity contribution in [2.75, 3.05) is 62.6 Å². The molecule has 0 amide bonds. The maximum Gasteiger partial charge on any atom is 0.472 e. The smallest absolute Gasteiger partial charge is 0.394 e. The minimum Gasteiger partial charge on any atom is -0.394 e. The number of aromatic amines is 4. The number of aliphatic hydroxyl groups is 2. The van der Waals surface area contributed by atoms with Crippen molar-refractivity contribution in [3.63, 3.8) is 0 Å². The molecule has 8 aromatic rings. The molecule has 0 aliphatic carbocycles. The van der Waals surface area contributed by atoms with Crippen LogP contribution in [-0.2, 0) is 96.5 Å². The number of anilines is 4. The molecule has 14 heterocycles. The maximum absolute atomic E-state index is 14.4. The van der Waals surface area contributed by atoms with Crippen LogP contribution in [0.5, 0.6) is 0 Å². The van der Waals surface area contributed by atoms with Crippen molar-refractivity contribution >= 4 is 85.0 Å². The van der Waals surface area contributed by atoms with Gasteiger partial charge in [0.25, 0.3) is 22.2 Å². The lowest BCUT2D eigenvalue weighted by Gasteiger charge is -2.26. The number of phosphoric acid groups is 5. The van der Waals surface area contributed by atoms with Gasteiger partial charge in [0.05, 0.1) is 58.4 Å². The molecule has 19 N–H and O–H groups in total. The Kier molecular flexibility index (Phi) is 25.0. The number of fused-ring (bicyclic) bond motifs is 2. The van der Waals surface area contributed by atoms with Crippen LogP contribution in [0.1, 0.15) is 87.0 Å². The van der Waals surface area contributed by atoms with Gasteiger partial charge in [0.1, 0.15) is 116 Å². The van der Waals surface area contributed by atoms with E-state index in [2.05, 4.69) is 49.8 Å². The van der Waals surface area contributed by atoms with Gasteiger partial charge < -0.3 is 86.0 Å². The second kappa shape index (κ2) is 34.3. The van der Waals surface area contributed by atoms with Crippen molar-refractivity contribution in [1.82, 2.24) is 77.2 Å². The number of aryl methyl sites for hydroxylation is 2. The molecule has 6 aliphatic rings. The molecular weight excluding hydrogens is 1710 g/mol. The Morgan fingerprint density at radius 3 is 1.04 bits per heavy atom. The molecule has 0 saturated carbocycles. The number of H-pyrrole nitrogens is 4. The van der Waals surface area contributed by atoms with Gasteiger partial charge >= 0.3 is 61.9 Å². The molecule has 23 atom stereocenters. The minimum absolute atomic E-state index is 0.0576. The predicted molar refractivity (Wildman–Crippen MR) is 391 cm³/mol. The fourth-order valence-electron chi connectivity index (χ4n) is 13.8. The summed E-state index contributed by atoms with van der Waals surface area (Å²) in [6, 6.07) is 2.49. The lowest BCUT2D eigenvalue weighted by atomic mass is 10.2. The molecule has 119 heavy (non-hydrogen) atoms. The van der Waals surface area contributed by atoms with Gasteiger partial charge in [0, 0.05) is 74.4 Å². The summed E-state index contributed by atoms with van der Waals surface area (Å²) in [6.07, 6.45) is -23.9. The number of aromatic nitrogens is 16. The van der Waals surface area contributed by atoms with Crippen LogP contribution in [0.15, 0.2) is 87.9 Å². The van der Waals surface area contributed by atoms with Crippen molar-refractivity contribution < 1.29 is 131 Å². The third-order valence-electron chi connectivity index (χ3n) is 19.4. The van der Waals surface area contributed by atoms with Crippen molar-refractivity contribution in [2.24, 2.45) is 0 Å². The normalized spacial score (nSPS) is 29.8. The highest BCUT2D eigenvalue weighted by atomic mass is 31.2. The summed E-state index contributed by atoms with van der Waals surface area (Å²) in [5.74, 6) is -1.10. The molecule has 8 aromatic heterocycles. The molecule has 6 fully saturated rings. The van der Waals surface area contributed by atoms with Crippen LogP contribution in [0, 0.1) is 13.8 Å². The van der Waals surface area contributed by atoms with Crippen LogP contribution in [-0.4, -0.2) is 225 Å². The number of hydrogen-bond donors (Lipinski definition) is 15. The molecule has 6 saturated heterocycles. The number of nitrogens with one attached hydrogen (secondary N) is 4. The number of aliphatic hydroxyl groups excluding tert-OH is 2. The maximum atomic E-state index is 14.4. The van der Waals surface area contributed by atoms with Crippen molar-refractivity contribution in [3.05, 3.63) is 144 Å². The molecule has 6 aliphatic heterocycles. The number of imidazole rings is 2. The molecule has 0 bridgehead atoms. The van der Waals surface area contributed by atoms with E-state index >= 15 is 0 Å². The van der Waals surface area contributed by atoms with Gasteiger partial charge in [-0.05, 0) is 26.0 Å². The Morgan fingerprint density at radius 1 is 0.412 bits per heavy atom. The quantitative estimate of drug-likeness (QED) is 0.0181. The van der Waals surface area contributed by atoms with E-state index in [4.69, 9.17) is 96.6 Å². The predicted octanol–water partition coefficient (Wildman–Crippen LogP) is -3.60. The van der Waals surface area contributed by atoms with E-state index in [1.807, 2.05) is 0 Å². The van der Waals surface area contributed by atoms with E-state index in [1.165, 1.54) is 32.2 Å². The van der Waals surface area contributed by atoms with Gasteiger partial charge in [-0.3, -0.25) is 112 Å². The lowest BCUT2D eigenvalue weighted by Crippen LogP contribution is -2.33. The first-order valence-corrected chi connectivity index (χ1v) is 42.9. The zero-order chi connectivity index (χ0) is 85.3. The van der Waals surface area contributed by atoms with Crippen LogP contribution in [0.4, 0.5) is 23.5 Å². The highest BCUT2D eigenvalue weighted by molar-refractivity contribution is 7.48. The molecule has 5 unspecified atom stereocenters. The number of nitrogen functional groups attached to an aromatic ring is 4. The first kappa shape index (κ1) is 86.6. The number of nitrogens with zero attached hydrogens (tertiary/aromatic N) is 12. The van der Waals surface area contributed by atoms with Crippen molar-refractivity contribution in [1.29, 1.82) is 0 Å². The topological polar surface area (TPSA) is 785 Å². The van der Waals surface area contributed by atoms with Gasteiger partial charge in [0.2, 0.25) is 11.9 Å². The lowest BCUT2D eigenvalue weighted by molar-refractivity contribution is -0.0649. The van der Waals surface area contributed by atoms with Crippen LogP contribution >= 0.6 is 39.1 Å². The number of hydrogen-bond acceptors (Lipinski definition) is 41. The Hall–Kier alpha value is -8.75. The third kappa shape index (κ3) is 19.7. The van der Waals surface area contributed by atoms with Crippen LogP contribution in [0.2, 0.25) is 0 Å². The van der Waals surface area contributed by atoms with Gasteiger partial charge in [-0.1, -0.05) is 0 Å². The summed E-state index contributed by atoms with van der Waals surface area (Å²) in [5.41, 5.74) is 15.1. The molecule has 648 valence electrons. The van der Waals surface area contributed by atoms with E-state index in [0.29, 0.717) is 0 Å².